The number of benzene rings is 1. The Morgan fingerprint density at radius 3 is 2.44 bits per heavy atom. The van der Waals surface area contributed by atoms with Crippen LogP contribution in [0.3, 0.4) is 0 Å². The molecule has 0 atom stereocenters. The molecule has 1 aromatic rings. The molecule has 1 aromatic carbocycles. The van der Waals surface area contributed by atoms with Crippen molar-refractivity contribution in [1.29, 1.82) is 5.26 Å². The molecule has 1 aliphatic heterocycles. The third-order valence-corrected chi connectivity index (χ3v) is 3.15. The molecule has 0 aromatic heterocycles. The molecular formula is C13H15N3O2. The van der Waals surface area contributed by atoms with Gasteiger partial charge >= 0.3 is 6.09 Å². The Balaban J connectivity index is 1.87. The van der Waals surface area contributed by atoms with Crippen LogP contribution in [-0.4, -0.2) is 35.2 Å². The summed E-state index contributed by atoms with van der Waals surface area (Å²) in [5, 5.41) is 20.9. The first-order chi connectivity index (χ1) is 8.69. The molecule has 1 saturated heterocycles. The predicted molar refractivity (Wildman–Crippen MR) is 67.4 cm³/mol. The molecule has 18 heavy (non-hydrogen) atoms. The minimum Gasteiger partial charge on any atom is -0.465 e. The molecule has 94 valence electrons. The van der Waals surface area contributed by atoms with E-state index in [1.165, 1.54) is 4.90 Å². The van der Waals surface area contributed by atoms with Gasteiger partial charge in [0.25, 0.3) is 0 Å². The van der Waals surface area contributed by atoms with Crippen LogP contribution < -0.4 is 5.32 Å². The van der Waals surface area contributed by atoms with Gasteiger partial charge in [0.1, 0.15) is 0 Å². The second-order valence-electron chi connectivity index (χ2n) is 4.38. The maximum absolute atomic E-state index is 10.8. The highest BCUT2D eigenvalue weighted by Gasteiger charge is 2.21. The van der Waals surface area contributed by atoms with E-state index >= 15 is 0 Å². The first-order valence-corrected chi connectivity index (χ1v) is 5.93. The summed E-state index contributed by atoms with van der Waals surface area (Å²) < 4.78 is 0. The predicted octanol–water partition coefficient (Wildman–Crippen LogP) is 2.11. The Labute approximate surface area is 106 Å². The van der Waals surface area contributed by atoms with Crippen LogP contribution >= 0.6 is 0 Å². The molecule has 2 N–H and O–H groups in total. The number of likely N-dealkylation sites (tertiary alicyclic amines) is 1. The molecule has 2 rings (SSSR count). The number of nitrogens with one attached hydrogen (secondary N) is 1. The van der Waals surface area contributed by atoms with E-state index in [1.54, 1.807) is 12.1 Å². The number of rotatable bonds is 2. The number of nitrogens with zero attached hydrogens (tertiary/aromatic N) is 2. The maximum Gasteiger partial charge on any atom is 0.407 e. The van der Waals surface area contributed by atoms with Gasteiger partial charge in [0.2, 0.25) is 0 Å². The highest BCUT2D eigenvalue weighted by molar-refractivity contribution is 5.65. The Bertz CT molecular complexity index is 456. The summed E-state index contributed by atoms with van der Waals surface area (Å²) in [7, 11) is 0. The summed E-state index contributed by atoms with van der Waals surface area (Å²) in [5.74, 6) is 0. The van der Waals surface area contributed by atoms with Crippen LogP contribution in [0.4, 0.5) is 10.5 Å². The molecule has 0 saturated carbocycles. The third kappa shape index (κ3) is 2.92. The smallest absolute Gasteiger partial charge is 0.407 e. The van der Waals surface area contributed by atoms with E-state index in [0.29, 0.717) is 24.7 Å². The fourth-order valence-electron chi connectivity index (χ4n) is 2.09. The molecule has 0 spiro atoms. The van der Waals surface area contributed by atoms with Crippen LogP contribution in [0.1, 0.15) is 18.4 Å². The fraction of sp³-hybridized carbons (Fsp3) is 0.385. The highest BCUT2D eigenvalue weighted by Crippen LogP contribution is 2.17. The molecule has 0 bridgehead atoms. The van der Waals surface area contributed by atoms with E-state index in [1.807, 2.05) is 12.1 Å². The molecule has 0 radical (unpaired) electrons. The molecule has 5 heteroatoms. The number of carboxylic acid groups (broad SMARTS) is 1. The summed E-state index contributed by atoms with van der Waals surface area (Å²) in [4.78, 5) is 12.2. The monoisotopic (exact) mass is 245 g/mol. The minimum absolute atomic E-state index is 0.300. The Kier molecular flexibility index (Phi) is 3.68. The summed E-state index contributed by atoms with van der Waals surface area (Å²) in [6.07, 6.45) is 0.783. The number of piperidine rings is 1. The van der Waals surface area contributed by atoms with Crippen LogP contribution in [0.25, 0.3) is 0 Å². The van der Waals surface area contributed by atoms with E-state index in [4.69, 9.17) is 10.4 Å². The molecule has 0 aliphatic carbocycles. The lowest BCUT2D eigenvalue weighted by Gasteiger charge is -2.31. The van der Waals surface area contributed by atoms with Gasteiger partial charge in [-0.05, 0) is 37.1 Å². The van der Waals surface area contributed by atoms with Gasteiger partial charge < -0.3 is 15.3 Å². The zero-order valence-corrected chi connectivity index (χ0v) is 9.97. The quantitative estimate of drug-likeness (QED) is 0.836. The summed E-state index contributed by atoms with van der Waals surface area (Å²) in [5.41, 5.74) is 1.61. The lowest BCUT2D eigenvalue weighted by molar-refractivity contribution is 0.134. The molecular weight excluding hydrogens is 230 g/mol. The van der Waals surface area contributed by atoms with Crippen molar-refractivity contribution in [3.63, 3.8) is 0 Å². The lowest BCUT2D eigenvalue weighted by Crippen LogP contribution is -2.41. The molecule has 1 heterocycles. The van der Waals surface area contributed by atoms with Crippen LogP contribution in [0.2, 0.25) is 0 Å². The van der Waals surface area contributed by atoms with Gasteiger partial charge in [-0.25, -0.2) is 4.79 Å². The second kappa shape index (κ2) is 5.41. The van der Waals surface area contributed by atoms with Crippen molar-refractivity contribution in [3.05, 3.63) is 29.8 Å². The molecule has 5 nitrogen and oxygen atoms in total. The number of anilines is 1. The number of hydrogen-bond acceptors (Lipinski definition) is 3. The van der Waals surface area contributed by atoms with Crippen molar-refractivity contribution in [2.45, 2.75) is 18.9 Å². The van der Waals surface area contributed by atoms with Gasteiger partial charge in [-0.15, -0.1) is 0 Å². The van der Waals surface area contributed by atoms with Crippen LogP contribution in [-0.2, 0) is 0 Å². The first kappa shape index (κ1) is 12.2. The number of nitriles is 1. The highest BCUT2D eigenvalue weighted by atomic mass is 16.4. The number of hydrogen-bond donors (Lipinski definition) is 2. The van der Waals surface area contributed by atoms with Crippen molar-refractivity contribution in [1.82, 2.24) is 4.90 Å². The Morgan fingerprint density at radius 2 is 1.94 bits per heavy atom. The SMILES string of the molecule is N#Cc1ccc(NC2CCN(C(=O)O)CC2)cc1. The maximum atomic E-state index is 10.8. The first-order valence-electron chi connectivity index (χ1n) is 5.93. The normalized spacial score (nSPS) is 16.1. The molecule has 1 fully saturated rings. The van der Waals surface area contributed by atoms with Gasteiger partial charge in [0.15, 0.2) is 0 Å². The zero-order chi connectivity index (χ0) is 13.0. The standard InChI is InChI=1S/C13H15N3O2/c14-9-10-1-3-11(4-2-10)15-12-5-7-16(8-6-12)13(17)18/h1-4,12,15H,5-8H2,(H,17,18). The van der Waals surface area contributed by atoms with Crippen molar-refractivity contribution in [2.24, 2.45) is 0 Å². The van der Waals surface area contributed by atoms with Crippen LogP contribution in [0, 0.1) is 11.3 Å². The minimum atomic E-state index is -0.841. The van der Waals surface area contributed by atoms with Crippen molar-refractivity contribution in [3.8, 4) is 6.07 Å². The van der Waals surface area contributed by atoms with E-state index in [-0.39, 0.29) is 0 Å². The van der Waals surface area contributed by atoms with Gasteiger partial charge in [-0.1, -0.05) is 0 Å². The summed E-state index contributed by atoms with van der Waals surface area (Å²) in [6, 6.07) is 9.68. The second-order valence-corrected chi connectivity index (χ2v) is 4.38. The van der Waals surface area contributed by atoms with Crippen molar-refractivity contribution < 1.29 is 9.90 Å². The van der Waals surface area contributed by atoms with Crippen LogP contribution in [0.15, 0.2) is 24.3 Å². The molecule has 0 unspecified atom stereocenters. The molecule has 1 aliphatic rings. The largest absolute Gasteiger partial charge is 0.465 e. The average Bonchev–Trinajstić information content (AvgIpc) is 2.40. The third-order valence-electron chi connectivity index (χ3n) is 3.15. The van der Waals surface area contributed by atoms with Crippen molar-refractivity contribution in [2.75, 3.05) is 18.4 Å². The van der Waals surface area contributed by atoms with Gasteiger partial charge in [-0.3, -0.25) is 0 Å². The Hall–Kier alpha value is -2.22. The van der Waals surface area contributed by atoms with Crippen LogP contribution in [0.5, 0.6) is 0 Å². The Morgan fingerprint density at radius 1 is 1.33 bits per heavy atom. The van der Waals surface area contributed by atoms with E-state index < -0.39 is 6.09 Å². The average molecular weight is 245 g/mol. The number of carbonyl (C=O) groups is 1. The van der Waals surface area contributed by atoms with E-state index in [9.17, 15) is 4.79 Å². The van der Waals surface area contributed by atoms with Gasteiger partial charge in [0, 0.05) is 24.8 Å². The molecule has 1 amide bonds. The lowest BCUT2D eigenvalue weighted by atomic mass is 10.0. The topological polar surface area (TPSA) is 76.4 Å². The summed E-state index contributed by atoms with van der Waals surface area (Å²) >= 11 is 0. The van der Waals surface area contributed by atoms with Gasteiger partial charge in [-0.2, -0.15) is 5.26 Å². The van der Waals surface area contributed by atoms with E-state index in [0.717, 1.165) is 18.5 Å². The van der Waals surface area contributed by atoms with E-state index in [2.05, 4.69) is 11.4 Å². The number of amides is 1. The summed E-state index contributed by atoms with van der Waals surface area (Å²) in [6.45, 7) is 1.15. The zero-order valence-electron chi connectivity index (χ0n) is 9.97. The fourth-order valence-corrected chi connectivity index (χ4v) is 2.09. The van der Waals surface area contributed by atoms with Crippen molar-refractivity contribution >= 4 is 11.8 Å². The van der Waals surface area contributed by atoms with Gasteiger partial charge in [0.05, 0.1) is 11.6 Å².